The zero-order valence-electron chi connectivity index (χ0n) is 21.9. The van der Waals surface area contributed by atoms with Gasteiger partial charge in [-0.25, -0.2) is 8.42 Å². The van der Waals surface area contributed by atoms with Crippen LogP contribution in [0.25, 0.3) is 5.76 Å². The van der Waals surface area contributed by atoms with Crippen molar-refractivity contribution in [3.8, 4) is 23.3 Å². The molecule has 0 unspecified atom stereocenters. The molecule has 0 radical (unpaired) electrons. The van der Waals surface area contributed by atoms with E-state index >= 15 is 0 Å². The molecule has 200 valence electrons. The van der Waals surface area contributed by atoms with E-state index < -0.39 is 15.9 Å². The average molecular weight is 546 g/mol. The van der Waals surface area contributed by atoms with Crippen molar-refractivity contribution in [2.24, 2.45) is 5.73 Å². The largest absolute Gasteiger partial charge is 0.493 e. The lowest BCUT2D eigenvalue weighted by Crippen LogP contribution is -2.39. The number of ether oxygens (including phenoxy) is 4. The van der Waals surface area contributed by atoms with Gasteiger partial charge >= 0.3 is 0 Å². The van der Waals surface area contributed by atoms with E-state index in [-0.39, 0.29) is 28.7 Å². The first-order valence-electron chi connectivity index (χ1n) is 12.0. The van der Waals surface area contributed by atoms with E-state index in [0.29, 0.717) is 34.1 Å². The molecule has 1 atom stereocenters. The maximum Gasteiger partial charge on any atom is 0.265 e. The van der Waals surface area contributed by atoms with E-state index in [9.17, 15) is 13.7 Å². The number of para-hydroxylation sites is 1. The number of nitriles is 1. The van der Waals surface area contributed by atoms with Crippen molar-refractivity contribution in [2.45, 2.75) is 19.4 Å². The first-order valence-corrected chi connectivity index (χ1v) is 13.5. The molecular weight excluding hydrogens is 518 g/mol. The molecule has 0 saturated heterocycles. The van der Waals surface area contributed by atoms with Gasteiger partial charge < -0.3 is 24.7 Å². The number of sulfonamides is 1. The molecule has 2 heterocycles. The molecule has 10 heteroatoms. The molecule has 9 nitrogen and oxygen atoms in total. The van der Waals surface area contributed by atoms with Crippen LogP contribution in [-0.4, -0.2) is 29.7 Å². The highest BCUT2D eigenvalue weighted by atomic mass is 32.2. The molecule has 2 aliphatic heterocycles. The Balaban J connectivity index is 1.80. The number of methoxy groups -OCH3 is 3. The molecule has 39 heavy (non-hydrogen) atoms. The van der Waals surface area contributed by atoms with Crippen LogP contribution in [0.3, 0.4) is 0 Å². The van der Waals surface area contributed by atoms with Crippen LogP contribution in [0.4, 0.5) is 5.69 Å². The first kappa shape index (κ1) is 26.0. The number of hydrogen-bond donors (Lipinski definition) is 1. The smallest absolute Gasteiger partial charge is 0.265 e. The summed E-state index contributed by atoms with van der Waals surface area (Å²) in [6.07, 6.45) is 0. The van der Waals surface area contributed by atoms with Gasteiger partial charge in [0.15, 0.2) is 17.3 Å². The summed E-state index contributed by atoms with van der Waals surface area (Å²) >= 11 is 0. The Kier molecular flexibility index (Phi) is 6.62. The van der Waals surface area contributed by atoms with Gasteiger partial charge in [0, 0.05) is 5.56 Å². The summed E-state index contributed by atoms with van der Waals surface area (Å²) in [6, 6.07) is 20.0. The lowest BCUT2D eigenvalue weighted by molar-refractivity contribution is 0.323. The Labute approximate surface area is 227 Å². The molecule has 2 N–H and O–H groups in total. The average Bonchev–Trinajstić information content (AvgIpc) is 2.94. The van der Waals surface area contributed by atoms with Gasteiger partial charge in [-0.3, -0.25) is 4.31 Å². The van der Waals surface area contributed by atoms with Crippen LogP contribution in [0.5, 0.6) is 17.2 Å². The van der Waals surface area contributed by atoms with Gasteiger partial charge in [-0.1, -0.05) is 36.4 Å². The molecule has 0 bridgehead atoms. The number of nitrogens with zero attached hydrogens (tertiary/aromatic N) is 2. The fourth-order valence-electron chi connectivity index (χ4n) is 5.02. The second-order valence-corrected chi connectivity index (χ2v) is 10.9. The highest BCUT2D eigenvalue weighted by Crippen LogP contribution is 2.53. The first-order chi connectivity index (χ1) is 18.8. The summed E-state index contributed by atoms with van der Waals surface area (Å²) < 4.78 is 52.8. The summed E-state index contributed by atoms with van der Waals surface area (Å²) in [7, 11) is 0.157. The third-order valence-electron chi connectivity index (χ3n) is 6.95. The van der Waals surface area contributed by atoms with Crippen LogP contribution < -0.4 is 24.2 Å². The highest BCUT2D eigenvalue weighted by Gasteiger charge is 2.47. The van der Waals surface area contributed by atoms with E-state index in [1.54, 1.807) is 36.4 Å². The Morgan fingerprint density at radius 1 is 1.00 bits per heavy atom. The number of fused-ring (bicyclic) bond motifs is 2. The van der Waals surface area contributed by atoms with E-state index in [1.165, 1.54) is 25.6 Å². The van der Waals surface area contributed by atoms with Gasteiger partial charge in [-0.05, 0) is 47.9 Å². The van der Waals surface area contributed by atoms with Crippen molar-refractivity contribution < 1.29 is 27.4 Å². The number of allylic oxidation sites excluding steroid dienone is 2. The number of benzene rings is 3. The summed E-state index contributed by atoms with van der Waals surface area (Å²) in [5.41, 5.74) is 9.43. The lowest BCUT2D eigenvalue weighted by atomic mass is 9.87. The van der Waals surface area contributed by atoms with Gasteiger partial charge in [0.25, 0.3) is 10.0 Å². The predicted octanol–water partition coefficient (Wildman–Crippen LogP) is 4.55. The van der Waals surface area contributed by atoms with Gasteiger partial charge in [0.2, 0.25) is 11.6 Å². The Morgan fingerprint density at radius 3 is 2.26 bits per heavy atom. The Morgan fingerprint density at radius 2 is 1.64 bits per heavy atom. The highest BCUT2D eigenvalue weighted by molar-refractivity contribution is 7.96. The normalized spacial score (nSPS) is 17.5. The van der Waals surface area contributed by atoms with Crippen molar-refractivity contribution in [3.05, 3.63) is 99.3 Å². The lowest BCUT2D eigenvalue weighted by Gasteiger charge is -2.38. The second kappa shape index (κ2) is 9.93. The molecule has 0 aromatic heterocycles. The molecule has 3 aromatic rings. The SMILES string of the molecule is COc1cc([C@@H]2C(C#N)=C(N)OC3=C2S(=O)(=O)N(Cc2ccccc2C)c2ccccc23)cc(OC)c1OC. The third kappa shape index (κ3) is 4.11. The van der Waals surface area contributed by atoms with E-state index in [1.807, 2.05) is 31.2 Å². The number of aryl methyl sites for hydroxylation is 1. The van der Waals surface area contributed by atoms with Crippen LogP contribution in [0, 0.1) is 18.3 Å². The van der Waals surface area contributed by atoms with Gasteiger partial charge in [-0.2, -0.15) is 5.26 Å². The predicted molar refractivity (Wildman–Crippen MR) is 146 cm³/mol. The summed E-state index contributed by atoms with van der Waals surface area (Å²) in [6.45, 7) is 2.02. The van der Waals surface area contributed by atoms with Crippen molar-refractivity contribution in [1.29, 1.82) is 5.26 Å². The monoisotopic (exact) mass is 545 g/mol. The Bertz CT molecular complexity index is 1660. The molecule has 0 fully saturated rings. The number of rotatable bonds is 6. The van der Waals surface area contributed by atoms with E-state index in [0.717, 1.165) is 11.1 Å². The van der Waals surface area contributed by atoms with Crippen molar-refractivity contribution in [1.82, 2.24) is 0 Å². The van der Waals surface area contributed by atoms with Crippen LogP contribution >= 0.6 is 0 Å². The fraction of sp³-hybridized carbons (Fsp3) is 0.207. The number of nitrogens with two attached hydrogens (primary N) is 1. The molecule has 2 aliphatic rings. The molecule has 0 saturated carbocycles. The summed E-state index contributed by atoms with van der Waals surface area (Å²) in [5.74, 6) is -0.235. The van der Waals surface area contributed by atoms with Crippen LogP contribution in [0.1, 0.15) is 28.2 Å². The molecule has 0 spiro atoms. The molecular formula is C29H27N3O6S. The maximum absolute atomic E-state index is 14.5. The summed E-state index contributed by atoms with van der Waals surface area (Å²) in [5, 5.41) is 10.2. The molecule has 3 aromatic carbocycles. The van der Waals surface area contributed by atoms with Crippen molar-refractivity contribution in [3.63, 3.8) is 0 Å². The third-order valence-corrected chi connectivity index (χ3v) is 8.84. The summed E-state index contributed by atoms with van der Waals surface area (Å²) in [4.78, 5) is -0.0881. The van der Waals surface area contributed by atoms with Gasteiger partial charge in [0.1, 0.15) is 16.5 Å². The van der Waals surface area contributed by atoms with Gasteiger partial charge in [0.05, 0.1) is 39.5 Å². The fourth-order valence-corrected chi connectivity index (χ4v) is 6.93. The minimum absolute atomic E-state index is 0.0400. The van der Waals surface area contributed by atoms with Gasteiger partial charge in [-0.15, -0.1) is 0 Å². The van der Waals surface area contributed by atoms with Crippen LogP contribution in [-0.2, 0) is 21.3 Å². The zero-order chi connectivity index (χ0) is 27.9. The number of anilines is 1. The molecule has 0 amide bonds. The topological polar surface area (TPSA) is 124 Å². The van der Waals surface area contributed by atoms with Crippen molar-refractivity contribution in [2.75, 3.05) is 25.6 Å². The van der Waals surface area contributed by atoms with E-state index in [4.69, 9.17) is 24.7 Å². The Hall–Kier alpha value is -4.62. The molecule has 5 rings (SSSR count). The number of hydrogen-bond acceptors (Lipinski definition) is 8. The quantitative estimate of drug-likeness (QED) is 0.479. The van der Waals surface area contributed by atoms with Crippen molar-refractivity contribution >= 4 is 21.5 Å². The van der Waals surface area contributed by atoms with E-state index in [2.05, 4.69) is 6.07 Å². The second-order valence-electron chi connectivity index (χ2n) is 9.03. The minimum atomic E-state index is -4.24. The van der Waals surface area contributed by atoms with Crippen LogP contribution in [0.15, 0.2) is 77.0 Å². The standard InChI is InChI=1S/C29H27N3O6S/c1-17-9-5-6-10-18(17)16-32-22-12-8-7-11-20(22)26-28(39(32,33)34)25(21(15-30)29(31)38-26)19-13-23(35-2)27(37-4)24(14-19)36-3/h5-14,25H,16,31H2,1-4H3/t25-/m1/s1. The van der Waals surface area contributed by atoms with Crippen LogP contribution in [0.2, 0.25) is 0 Å². The minimum Gasteiger partial charge on any atom is -0.493 e. The maximum atomic E-state index is 14.5. The zero-order valence-corrected chi connectivity index (χ0v) is 22.7. The molecule has 0 aliphatic carbocycles.